The lowest BCUT2D eigenvalue weighted by Gasteiger charge is -2.39. The van der Waals surface area contributed by atoms with E-state index in [-0.39, 0.29) is 48.7 Å². The number of esters is 1. The maximum Gasteiger partial charge on any atom is 0.305 e. The molecule has 0 aromatic heterocycles. The second-order valence-corrected chi connectivity index (χ2v) is 21.3. The third kappa shape index (κ3) is 7.93. The Hall–Kier alpha value is -5.50. The van der Waals surface area contributed by atoms with Crippen LogP contribution in [0.4, 0.5) is 11.4 Å². The van der Waals surface area contributed by atoms with Gasteiger partial charge in [-0.25, -0.2) is 0 Å². The number of hydrogen-bond donors (Lipinski definition) is 2. The zero-order valence-corrected chi connectivity index (χ0v) is 36.2. The third-order valence-electron chi connectivity index (χ3n) is 12.9. The predicted molar refractivity (Wildman–Crippen MR) is 231 cm³/mol. The van der Waals surface area contributed by atoms with Gasteiger partial charge in [0, 0.05) is 42.2 Å². The Morgan fingerprint density at radius 3 is 2.22 bits per heavy atom. The van der Waals surface area contributed by atoms with E-state index < -0.39 is 31.7 Å². The molecule has 2 N–H and O–H groups in total. The molecule has 1 spiro atoms. The van der Waals surface area contributed by atoms with Gasteiger partial charge in [-0.15, -0.1) is 0 Å². The number of hydrogen-bond acceptors (Lipinski definition) is 9. The monoisotopic (exact) mass is 833 g/mol. The fraction of sp³-hybridized carbons (Fsp3) is 0.404. The van der Waals surface area contributed by atoms with Crippen LogP contribution in [0.2, 0.25) is 18.6 Å². The van der Waals surface area contributed by atoms with Gasteiger partial charge < -0.3 is 39.2 Å². The molecule has 1 fully saturated rings. The predicted octanol–water partition coefficient (Wildman–Crippen LogP) is 6.20. The lowest BCUT2D eigenvalue weighted by Crippen LogP contribution is -2.52. The number of unbranched alkanes of at least 4 members (excludes halogenated alkanes) is 1. The van der Waals surface area contributed by atoms with Crippen molar-refractivity contribution in [2.75, 3.05) is 44.7 Å². The average Bonchev–Trinajstić information content (AvgIpc) is 3.69. The van der Waals surface area contributed by atoms with Gasteiger partial charge >= 0.3 is 5.97 Å². The molecule has 4 aromatic rings. The highest BCUT2D eigenvalue weighted by Gasteiger charge is 2.66. The maximum absolute atomic E-state index is 15.3. The molecule has 5 atom stereocenters. The fourth-order valence-corrected chi connectivity index (χ4v) is 13.7. The van der Waals surface area contributed by atoms with E-state index in [0.29, 0.717) is 60.6 Å². The van der Waals surface area contributed by atoms with Crippen molar-refractivity contribution < 1.29 is 43.2 Å². The zero-order valence-electron chi connectivity index (χ0n) is 35.2. The molecule has 3 amide bonds. The summed E-state index contributed by atoms with van der Waals surface area (Å²) in [5.41, 5.74) is 2.66. The van der Waals surface area contributed by atoms with Gasteiger partial charge in [-0.1, -0.05) is 61.6 Å². The Labute approximate surface area is 352 Å². The van der Waals surface area contributed by atoms with Crippen LogP contribution in [0.3, 0.4) is 0 Å². The molecule has 3 aliphatic heterocycles. The molecular formula is C47H55N3O9Si. The van der Waals surface area contributed by atoms with E-state index in [1.807, 2.05) is 48.5 Å². The van der Waals surface area contributed by atoms with Crippen molar-refractivity contribution >= 4 is 48.3 Å². The van der Waals surface area contributed by atoms with Gasteiger partial charge in [-0.05, 0) is 90.5 Å². The number of aliphatic hydroxyl groups is 1. The summed E-state index contributed by atoms with van der Waals surface area (Å²) in [4.78, 5) is 59.1. The number of rotatable bonds is 14. The normalized spacial score (nSPS) is 22.0. The second-order valence-electron chi connectivity index (χ2n) is 16.6. The number of anilines is 2. The number of nitrogens with one attached hydrogen (secondary N) is 1. The number of nitrogens with zero attached hydrogens (tertiary/aromatic N) is 2. The molecule has 0 saturated carbocycles. The van der Waals surface area contributed by atoms with Gasteiger partial charge in [0.2, 0.25) is 5.91 Å². The topological polar surface area (TPSA) is 144 Å². The van der Waals surface area contributed by atoms with Crippen molar-refractivity contribution in [3.63, 3.8) is 0 Å². The van der Waals surface area contributed by atoms with Crippen LogP contribution in [0, 0.1) is 5.92 Å². The molecule has 3 aliphatic rings. The highest BCUT2D eigenvalue weighted by molar-refractivity contribution is 6.91. The van der Waals surface area contributed by atoms with Crippen molar-refractivity contribution in [1.29, 1.82) is 0 Å². The minimum absolute atomic E-state index is 0.0116. The summed E-state index contributed by atoms with van der Waals surface area (Å²) in [6, 6.07) is 27.9. The molecule has 4 aromatic carbocycles. The molecular weight excluding hydrogens is 779 g/mol. The highest BCUT2D eigenvalue weighted by atomic mass is 28.3. The molecule has 13 heteroatoms. The lowest BCUT2D eigenvalue weighted by molar-refractivity contribution is -0.151. The molecule has 1 saturated heterocycles. The zero-order chi connectivity index (χ0) is 42.8. The minimum atomic E-state index is -2.62. The number of amides is 3. The molecule has 12 nitrogen and oxygen atoms in total. The first kappa shape index (κ1) is 42.6. The number of benzene rings is 4. The van der Waals surface area contributed by atoms with E-state index in [9.17, 15) is 19.5 Å². The van der Waals surface area contributed by atoms with Crippen LogP contribution in [-0.2, 0) is 42.4 Å². The molecule has 316 valence electrons. The van der Waals surface area contributed by atoms with Crippen molar-refractivity contribution in [1.82, 2.24) is 4.90 Å². The second kappa shape index (κ2) is 17.6. The van der Waals surface area contributed by atoms with E-state index >= 15 is 4.79 Å². The first-order valence-electron chi connectivity index (χ1n) is 20.6. The van der Waals surface area contributed by atoms with Gasteiger partial charge in [-0.2, -0.15) is 0 Å². The van der Waals surface area contributed by atoms with E-state index in [1.54, 1.807) is 54.4 Å². The van der Waals surface area contributed by atoms with Crippen LogP contribution in [0.5, 0.6) is 11.5 Å². The SMILES string of the molecule is COC(=O)CCCCN1C(=O)[C@]2(O[C@H](CC(=O)N3Cc4ccccc4C[C@H]3CO)[C@@H]([Si](C)(C)c3ccc(OC)cc3)[C@@H]2C)c2cc(NC(=O)c3ccc(OC)cc3)ccc21. The third-order valence-corrected chi connectivity index (χ3v) is 17.3. The van der Waals surface area contributed by atoms with E-state index in [2.05, 4.69) is 37.5 Å². The molecule has 0 unspecified atom stereocenters. The summed E-state index contributed by atoms with van der Waals surface area (Å²) in [6.07, 6.45) is 1.18. The fourth-order valence-electron chi connectivity index (χ4n) is 9.73. The summed E-state index contributed by atoms with van der Waals surface area (Å²) in [5.74, 6) is -0.0689. The van der Waals surface area contributed by atoms with Crippen molar-refractivity contribution in [2.24, 2.45) is 5.92 Å². The van der Waals surface area contributed by atoms with Crippen molar-refractivity contribution in [2.45, 2.75) is 82.0 Å². The number of ether oxygens (including phenoxy) is 4. The summed E-state index contributed by atoms with van der Waals surface area (Å²) >= 11 is 0. The molecule has 0 bridgehead atoms. The maximum atomic E-state index is 15.3. The Kier molecular flexibility index (Phi) is 12.5. The van der Waals surface area contributed by atoms with Crippen LogP contribution in [0.25, 0.3) is 0 Å². The molecule has 3 heterocycles. The van der Waals surface area contributed by atoms with E-state index in [4.69, 9.17) is 18.9 Å². The van der Waals surface area contributed by atoms with Crippen LogP contribution < -0.4 is 24.9 Å². The Morgan fingerprint density at radius 1 is 0.900 bits per heavy atom. The molecule has 0 radical (unpaired) electrons. The molecule has 7 rings (SSSR count). The number of carbonyl (C=O) groups excluding carboxylic acids is 4. The Morgan fingerprint density at radius 2 is 1.57 bits per heavy atom. The molecule has 60 heavy (non-hydrogen) atoms. The number of carbonyl (C=O) groups is 4. The summed E-state index contributed by atoms with van der Waals surface area (Å²) in [5, 5.41) is 14.7. The van der Waals surface area contributed by atoms with Crippen molar-refractivity contribution in [3.05, 3.63) is 113 Å². The lowest BCUT2D eigenvalue weighted by atomic mass is 9.82. The number of aliphatic hydroxyl groups excluding tert-OH is 1. The highest BCUT2D eigenvalue weighted by Crippen LogP contribution is 2.60. The first-order chi connectivity index (χ1) is 28.9. The Bertz CT molecular complexity index is 2230. The molecule has 0 aliphatic carbocycles. The van der Waals surface area contributed by atoms with Gasteiger partial charge in [-0.3, -0.25) is 19.2 Å². The quantitative estimate of drug-likeness (QED) is 0.0863. The number of fused-ring (bicyclic) bond motifs is 3. The van der Waals surface area contributed by atoms with Crippen LogP contribution in [0.1, 0.15) is 59.7 Å². The Balaban J connectivity index is 1.29. The minimum Gasteiger partial charge on any atom is -0.497 e. The number of methoxy groups -OCH3 is 3. The largest absolute Gasteiger partial charge is 0.497 e. The summed E-state index contributed by atoms with van der Waals surface area (Å²) in [6.45, 7) is 7.11. The van der Waals surface area contributed by atoms with E-state index in [1.165, 1.54) is 7.11 Å². The summed E-state index contributed by atoms with van der Waals surface area (Å²) < 4.78 is 22.9. The van der Waals surface area contributed by atoms with Crippen LogP contribution >= 0.6 is 0 Å². The van der Waals surface area contributed by atoms with Gasteiger partial charge in [0.05, 0.1) is 60.3 Å². The first-order valence-corrected chi connectivity index (χ1v) is 23.7. The van der Waals surface area contributed by atoms with Crippen LogP contribution in [-0.4, -0.2) is 88.4 Å². The van der Waals surface area contributed by atoms with Crippen LogP contribution in [0.15, 0.2) is 91.0 Å². The van der Waals surface area contributed by atoms with Gasteiger partial charge in [0.25, 0.3) is 11.8 Å². The standard InChI is InChI=1S/C47H55N3O9Si/c1-30-44(60(5,6)38-21-19-37(57-3)20-22-38)41(27-42(52)50-28-33-12-8-7-11-32(33)25-35(50)29-51)59-47(30)39-26-34(48-45(54)31-14-17-36(56-2)18-15-31)16-23-40(39)49(46(47)55)24-10-9-13-43(53)58-4/h7-8,11-12,14-23,26,30,35,41,44,51H,9-10,13,24-25,27-29H2,1-6H3,(H,48,54)/t30-,35-,41+,44-,47+/m0/s1. The smallest absolute Gasteiger partial charge is 0.305 e. The van der Waals surface area contributed by atoms with E-state index in [0.717, 1.165) is 22.1 Å². The van der Waals surface area contributed by atoms with Crippen molar-refractivity contribution in [3.8, 4) is 11.5 Å². The van der Waals surface area contributed by atoms with Gasteiger partial charge in [0.15, 0.2) is 5.60 Å². The average molecular weight is 834 g/mol. The summed E-state index contributed by atoms with van der Waals surface area (Å²) in [7, 11) is 1.94. The van der Waals surface area contributed by atoms with Gasteiger partial charge in [0.1, 0.15) is 11.5 Å².